The van der Waals surface area contributed by atoms with E-state index in [0.717, 1.165) is 18.4 Å². The second-order valence-electron chi connectivity index (χ2n) is 8.17. The number of halogens is 4. The number of nitrogens with zero attached hydrogens (tertiary/aromatic N) is 3. The molecule has 1 aromatic heterocycles. The first-order chi connectivity index (χ1) is 17.0. The lowest BCUT2D eigenvalue weighted by atomic mass is 9.87. The predicted molar refractivity (Wildman–Crippen MR) is 122 cm³/mol. The maximum absolute atomic E-state index is 12.9. The molecule has 2 aliphatic rings. The van der Waals surface area contributed by atoms with Gasteiger partial charge in [-0.3, -0.25) is 14.6 Å². The minimum atomic E-state index is -5.08. The molecule has 0 aliphatic carbocycles. The first-order valence-electron chi connectivity index (χ1n) is 10.8. The third-order valence-corrected chi connectivity index (χ3v) is 5.68. The van der Waals surface area contributed by atoms with E-state index < -0.39 is 17.7 Å². The lowest BCUT2D eigenvalue weighted by Crippen LogP contribution is -2.51. The van der Waals surface area contributed by atoms with Crippen molar-refractivity contribution in [2.24, 2.45) is 5.16 Å². The number of carbonyl (C=O) groups is 3. The van der Waals surface area contributed by atoms with Crippen LogP contribution in [0.1, 0.15) is 35.2 Å². The Labute approximate surface area is 208 Å². The van der Waals surface area contributed by atoms with Gasteiger partial charge in [0.1, 0.15) is 5.71 Å². The Kier molecular flexibility index (Phi) is 8.51. The molecular weight excluding hydrogens is 505 g/mol. The number of nitrogens with one attached hydrogen (secondary N) is 1. The van der Waals surface area contributed by atoms with Crippen molar-refractivity contribution in [2.45, 2.75) is 37.6 Å². The predicted octanol–water partition coefficient (Wildman–Crippen LogP) is 3.44. The summed E-state index contributed by atoms with van der Waals surface area (Å²) in [5.74, 6) is -3.10. The van der Waals surface area contributed by atoms with Gasteiger partial charge in [-0.05, 0) is 48.7 Å². The monoisotopic (exact) mass is 526 g/mol. The van der Waals surface area contributed by atoms with Crippen molar-refractivity contribution in [1.82, 2.24) is 15.2 Å². The van der Waals surface area contributed by atoms with Crippen LogP contribution in [0.25, 0.3) is 0 Å². The summed E-state index contributed by atoms with van der Waals surface area (Å²) in [5.41, 5.74) is 1.22. The van der Waals surface area contributed by atoms with Crippen LogP contribution in [0.3, 0.4) is 0 Å². The zero-order valence-corrected chi connectivity index (χ0v) is 19.6. The van der Waals surface area contributed by atoms with Gasteiger partial charge in [0.2, 0.25) is 0 Å². The number of hydrogen-bond acceptors (Lipinski definition) is 6. The van der Waals surface area contributed by atoms with Crippen LogP contribution in [0, 0.1) is 0 Å². The van der Waals surface area contributed by atoms with Gasteiger partial charge in [0, 0.05) is 42.5 Å². The molecule has 3 heterocycles. The topological polar surface area (TPSA) is 121 Å². The normalized spacial score (nSPS) is 19.0. The highest BCUT2D eigenvalue weighted by Gasteiger charge is 2.45. The van der Waals surface area contributed by atoms with Crippen LogP contribution < -0.4 is 5.32 Å². The van der Waals surface area contributed by atoms with E-state index >= 15 is 0 Å². The minimum absolute atomic E-state index is 0.0919. The molecule has 36 heavy (non-hydrogen) atoms. The van der Waals surface area contributed by atoms with Crippen molar-refractivity contribution in [2.75, 3.05) is 13.1 Å². The summed E-state index contributed by atoms with van der Waals surface area (Å²) < 4.78 is 31.7. The number of hydrogen-bond donors (Lipinski definition) is 2. The third-order valence-electron chi connectivity index (χ3n) is 5.44. The number of oxime groups is 1. The van der Waals surface area contributed by atoms with Crippen molar-refractivity contribution < 1.29 is 37.5 Å². The molecule has 2 aromatic rings. The number of carboxylic acids is 1. The Bertz CT molecular complexity index is 1150. The SMILES string of the molecule is O=C(NCc1ccncc1)C1=NOC2(CCCN(C(=O)c3cccc(Cl)c3)C2)C1.O=C(O)C(F)(F)F. The van der Waals surface area contributed by atoms with Crippen LogP contribution in [0.4, 0.5) is 13.2 Å². The van der Waals surface area contributed by atoms with Crippen LogP contribution >= 0.6 is 11.6 Å². The van der Waals surface area contributed by atoms with Gasteiger partial charge in [0.25, 0.3) is 11.8 Å². The van der Waals surface area contributed by atoms with Crippen LogP contribution in [-0.4, -0.2) is 63.4 Å². The van der Waals surface area contributed by atoms with Crippen molar-refractivity contribution >= 4 is 35.1 Å². The van der Waals surface area contributed by atoms with E-state index in [-0.39, 0.29) is 11.8 Å². The fraction of sp³-hybridized carbons (Fsp3) is 0.348. The molecule has 2 aliphatic heterocycles. The molecule has 0 saturated carbocycles. The smallest absolute Gasteiger partial charge is 0.475 e. The average molecular weight is 527 g/mol. The lowest BCUT2D eigenvalue weighted by molar-refractivity contribution is -0.192. The molecule has 1 fully saturated rings. The van der Waals surface area contributed by atoms with Gasteiger partial charge < -0.3 is 20.2 Å². The van der Waals surface area contributed by atoms with E-state index in [9.17, 15) is 22.8 Å². The average Bonchev–Trinajstić information content (AvgIpc) is 3.25. The first-order valence-corrected chi connectivity index (χ1v) is 11.1. The Hall–Kier alpha value is -3.67. The molecule has 13 heteroatoms. The summed E-state index contributed by atoms with van der Waals surface area (Å²) in [7, 11) is 0. The fourth-order valence-corrected chi connectivity index (χ4v) is 3.91. The number of likely N-dealkylation sites (tertiary alicyclic amines) is 1. The number of carboxylic acid groups (broad SMARTS) is 1. The summed E-state index contributed by atoms with van der Waals surface area (Å²) >= 11 is 6.01. The van der Waals surface area contributed by atoms with E-state index in [1.165, 1.54) is 0 Å². The molecule has 2 N–H and O–H groups in total. The number of rotatable bonds is 4. The summed E-state index contributed by atoms with van der Waals surface area (Å²) in [4.78, 5) is 45.7. The van der Waals surface area contributed by atoms with Gasteiger partial charge in [-0.25, -0.2) is 4.79 Å². The Balaban J connectivity index is 0.000000454. The van der Waals surface area contributed by atoms with Gasteiger partial charge in [0.15, 0.2) is 5.60 Å². The molecule has 2 amide bonds. The second-order valence-corrected chi connectivity index (χ2v) is 8.61. The molecule has 1 aromatic carbocycles. The van der Waals surface area contributed by atoms with Crippen molar-refractivity contribution in [3.63, 3.8) is 0 Å². The highest BCUT2D eigenvalue weighted by molar-refractivity contribution is 6.39. The first kappa shape index (κ1) is 26.9. The largest absolute Gasteiger partial charge is 0.490 e. The van der Waals surface area contributed by atoms with E-state index in [1.54, 1.807) is 41.6 Å². The Morgan fingerprint density at radius 3 is 2.53 bits per heavy atom. The van der Waals surface area contributed by atoms with Gasteiger partial charge >= 0.3 is 12.1 Å². The molecule has 1 spiro atoms. The van der Waals surface area contributed by atoms with Crippen LogP contribution in [-0.2, 0) is 21.0 Å². The molecule has 0 radical (unpaired) electrons. The standard InChI is InChI=1S/C21H21ClN4O3.C2HF3O2/c22-17-4-1-3-16(11-17)20(28)26-10-2-7-21(14-26)12-18(25-29-21)19(27)24-13-15-5-8-23-9-6-15;3-2(4,5)1(6)7/h1,3-6,8-9,11H,2,7,10,12-14H2,(H,24,27);(H,6,7). The zero-order valence-electron chi connectivity index (χ0n) is 18.8. The maximum Gasteiger partial charge on any atom is 0.490 e. The molecule has 1 atom stereocenters. The summed E-state index contributed by atoms with van der Waals surface area (Å²) in [6.07, 6.45) is 0.194. The molecule has 192 valence electrons. The Morgan fingerprint density at radius 2 is 1.89 bits per heavy atom. The number of piperidine rings is 1. The van der Waals surface area contributed by atoms with E-state index in [0.29, 0.717) is 42.4 Å². The molecule has 4 rings (SSSR count). The number of benzene rings is 1. The zero-order chi connectivity index (χ0) is 26.3. The van der Waals surface area contributed by atoms with Gasteiger partial charge in [0.05, 0.1) is 6.54 Å². The highest BCUT2D eigenvalue weighted by atomic mass is 35.5. The van der Waals surface area contributed by atoms with Gasteiger partial charge in [-0.2, -0.15) is 13.2 Å². The number of aliphatic carboxylic acids is 1. The van der Waals surface area contributed by atoms with Crippen LogP contribution in [0.5, 0.6) is 0 Å². The lowest BCUT2D eigenvalue weighted by Gasteiger charge is -2.38. The van der Waals surface area contributed by atoms with Crippen LogP contribution in [0.2, 0.25) is 5.02 Å². The molecule has 1 saturated heterocycles. The maximum atomic E-state index is 12.9. The number of alkyl halides is 3. The third kappa shape index (κ3) is 7.17. The number of carbonyl (C=O) groups excluding carboxylic acids is 2. The number of amides is 2. The van der Waals surface area contributed by atoms with Crippen molar-refractivity contribution in [3.8, 4) is 0 Å². The second kappa shape index (κ2) is 11.4. The van der Waals surface area contributed by atoms with E-state index in [1.807, 2.05) is 12.1 Å². The number of aromatic nitrogens is 1. The molecular formula is C23H22ClF3N4O5. The highest BCUT2D eigenvalue weighted by Crippen LogP contribution is 2.34. The quantitative estimate of drug-likeness (QED) is 0.629. The Morgan fingerprint density at radius 1 is 1.19 bits per heavy atom. The van der Waals surface area contributed by atoms with E-state index in [2.05, 4.69) is 15.5 Å². The summed E-state index contributed by atoms with van der Waals surface area (Å²) in [6, 6.07) is 10.6. The van der Waals surface area contributed by atoms with E-state index in [4.69, 9.17) is 26.3 Å². The molecule has 0 bridgehead atoms. The van der Waals surface area contributed by atoms with Crippen molar-refractivity contribution in [1.29, 1.82) is 0 Å². The molecule has 9 nitrogen and oxygen atoms in total. The van der Waals surface area contributed by atoms with Gasteiger partial charge in [-0.1, -0.05) is 22.8 Å². The van der Waals surface area contributed by atoms with Crippen LogP contribution in [0.15, 0.2) is 53.9 Å². The van der Waals surface area contributed by atoms with Gasteiger partial charge in [-0.15, -0.1) is 0 Å². The summed E-state index contributed by atoms with van der Waals surface area (Å²) in [5, 5.41) is 14.5. The molecule has 1 unspecified atom stereocenters. The summed E-state index contributed by atoms with van der Waals surface area (Å²) in [6.45, 7) is 1.43. The fourth-order valence-electron chi connectivity index (χ4n) is 3.72. The number of pyridine rings is 1. The minimum Gasteiger partial charge on any atom is -0.475 e. The van der Waals surface area contributed by atoms with Crippen molar-refractivity contribution in [3.05, 3.63) is 64.9 Å².